The zero-order valence-corrected chi connectivity index (χ0v) is 14.9. The van der Waals surface area contributed by atoms with E-state index in [1.54, 1.807) is 14.0 Å². The number of amides is 1. The molecular weight excluding hydrogens is 316 g/mol. The Balaban J connectivity index is 2.35. The quantitative estimate of drug-likeness (QED) is 0.827. The first-order valence-electron chi connectivity index (χ1n) is 7.88. The Bertz CT molecular complexity index is 734. The number of nitrogens with one attached hydrogen (secondary N) is 1. The van der Waals surface area contributed by atoms with E-state index >= 15 is 0 Å². The van der Waals surface area contributed by atoms with Gasteiger partial charge in [-0.05, 0) is 32.3 Å². The summed E-state index contributed by atoms with van der Waals surface area (Å²) in [6.07, 6.45) is 1.92. The number of ketones is 1. The van der Waals surface area contributed by atoms with Crippen molar-refractivity contribution in [2.75, 3.05) is 18.6 Å². The molecule has 2 heterocycles. The van der Waals surface area contributed by atoms with E-state index < -0.39 is 9.84 Å². The maximum atomic E-state index is 12.8. The van der Waals surface area contributed by atoms with Crippen molar-refractivity contribution in [2.45, 2.75) is 46.1 Å². The molecule has 6 nitrogen and oxygen atoms in total. The third kappa shape index (κ3) is 3.49. The van der Waals surface area contributed by atoms with Crippen molar-refractivity contribution in [3.63, 3.8) is 0 Å². The fourth-order valence-corrected chi connectivity index (χ4v) is 5.03. The number of sulfone groups is 1. The summed E-state index contributed by atoms with van der Waals surface area (Å²) in [6, 6.07) is -0.300. The molecule has 0 bridgehead atoms. The Kier molecular flexibility index (Phi) is 4.98. The van der Waals surface area contributed by atoms with Gasteiger partial charge in [-0.3, -0.25) is 9.59 Å². The predicted molar refractivity (Wildman–Crippen MR) is 88.7 cm³/mol. The highest BCUT2D eigenvalue weighted by Crippen LogP contribution is 2.25. The number of aromatic nitrogens is 1. The second-order valence-electron chi connectivity index (χ2n) is 6.26. The van der Waals surface area contributed by atoms with Crippen LogP contribution in [0, 0.1) is 6.92 Å². The van der Waals surface area contributed by atoms with Gasteiger partial charge in [0.05, 0.1) is 11.5 Å². The normalized spacial score (nSPS) is 19.7. The minimum absolute atomic E-state index is 0.0115. The van der Waals surface area contributed by atoms with Gasteiger partial charge in [0.15, 0.2) is 15.6 Å². The fraction of sp³-hybridized carbons (Fsp3) is 0.625. The first kappa shape index (κ1) is 17.7. The average molecular weight is 340 g/mol. The highest BCUT2D eigenvalue weighted by atomic mass is 32.2. The third-order valence-corrected chi connectivity index (χ3v) is 6.18. The van der Waals surface area contributed by atoms with Crippen LogP contribution in [0.5, 0.6) is 0 Å². The summed E-state index contributed by atoms with van der Waals surface area (Å²) in [4.78, 5) is 29.2. The van der Waals surface area contributed by atoms with Crippen molar-refractivity contribution in [1.29, 1.82) is 0 Å². The molecule has 1 aliphatic rings. The lowest BCUT2D eigenvalue weighted by molar-refractivity contribution is 0.0741. The maximum absolute atomic E-state index is 12.8. The van der Waals surface area contributed by atoms with Crippen LogP contribution in [0.1, 0.15) is 58.8 Å². The van der Waals surface area contributed by atoms with Gasteiger partial charge in [0.2, 0.25) is 0 Å². The maximum Gasteiger partial charge on any atom is 0.270 e. The SMILES string of the molecule is CCCc1c(C(=O)N(C)C2CCS(=O)(=O)C2)[nH]c(C)c1C(C)=O. The molecule has 128 valence electrons. The van der Waals surface area contributed by atoms with E-state index in [4.69, 9.17) is 0 Å². The van der Waals surface area contributed by atoms with Crippen LogP contribution < -0.4 is 0 Å². The van der Waals surface area contributed by atoms with Crippen molar-refractivity contribution in [1.82, 2.24) is 9.88 Å². The van der Waals surface area contributed by atoms with Gasteiger partial charge < -0.3 is 9.88 Å². The average Bonchev–Trinajstić information content (AvgIpc) is 2.97. The minimum Gasteiger partial charge on any atom is -0.354 e. The van der Waals surface area contributed by atoms with Crippen LogP contribution in [0.3, 0.4) is 0 Å². The molecule has 23 heavy (non-hydrogen) atoms. The van der Waals surface area contributed by atoms with E-state index in [-0.39, 0.29) is 29.2 Å². The van der Waals surface area contributed by atoms with Gasteiger partial charge in [0, 0.05) is 24.3 Å². The lowest BCUT2D eigenvalue weighted by Gasteiger charge is -2.23. The van der Waals surface area contributed by atoms with Crippen LogP contribution in [0.15, 0.2) is 0 Å². The van der Waals surface area contributed by atoms with E-state index in [2.05, 4.69) is 4.98 Å². The van der Waals surface area contributed by atoms with Gasteiger partial charge in [-0.15, -0.1) is 0 Å². The summed E-state index contributed by atoms with van der Waals surface area (Å²) in [5.41, 5.74) is 2.44. The molecule has 0 aromatic carbocycles. The standard InChI is InChI=1S/C16H24N2O4S/c1-5-6-13-14(11(3)19)10(2)17-15(13)16(20)18(4)12-7-8-23(21,22)9-12/h12,17H,5-9H2,1-4H3. The molecule has 1 aliphatic heterocycles. The van der Waals surface area contributed by atoms with Crippen molar-refractivity contribution < 1.29 is 18.0 Å². The third-order valence-electron chi connectivity index (χ3n) is 4.43. The molecule has 0 radical (unpaired) electrons. The van der Waals surface area contributed by atoms with Gasteiger partial charge in [0.25, 0.3) is 5.91 Å². The number of H-pyrrole nitrogens is 1. The van der Waals surface area contributed by atoms with E-state index in [9.17, 15) is 18.0 Å². The minimum atomic E-state index is -3.05. The number of rotatable bonds is 5. The van der Waals surface area contributed by atoms with E-state index in [1.807, 2.05) is 6.92 Å². The van der Waals surface area contributed by atoms with Gasteiger partial charge in [0.1, 0.15) is 5.69 Å². The number of hydrogen-bond acceptors (Lipinski definition) is 4. The second kappa shape index (κ2) is 6.47. The van der Waals surface area contributed by atoms with Crippen molar-refractivity contribution in [3.8, 4) is 0 Å². The summed E-state index contributed by atoms with van der Waals surface area (Å²) in [5.74, 6) is -0.171. The molecular formula is C16H24N2O4S. The van der Waals surface area contributed by atoms with Gasteiger partial charge in [-0.25, -0.2) is 8.42 Å². The number of hydrogen-bond donors (Lipinski definition) is 1. The Morgan fingerprint density at radius 1 is 1.35 bits per heavy atom. The molecule has 1 aromatic rings. The molecule has 7 heteroatoms. The van der Waals surface area contributed by atoms with Crippen LogP contribution >= 0.6 is 0 Å². The zero-order valence-electron chi connectivity index (χ0n) is 14.1. The Morgan fingerprint density at radius 3 is 2.48 bits per heavy atom. The van der Waals surface area contributed by atoms with Crippen molar-refractivity contribution >= 4 is 21.5 Å². The van der Waals surface area contributed by atoms with E-state index in [1.165, 1.54) is 11.8 Å². The number of aryl methyl sites for hydroxylation is 1. The number of nitrogens with zero attached hydrogens (tertiary/aromatic N) is 1. The lowest BCUT2D eigenvalue weighted by atomic mass is 10.0. The van der Waals surface area contributed by atoms with Crippen LogP contribution in [-0.2, 0) is 16.3 Å². The molecule has 1 saturated heterocycles. The summed E-state index contributed by atoms with van der Waals surface area (Å²) in [6.45, 7) is 5.28. The molecule has 1 atom stereocenters. The van der Waals surface area contributed by atoms with Gasteiger partial charge >= 0.3 is 0 Å². The summed E-state index contributed by atoms with van der Waals surface area (Å²) in [7, 11) is -1.42. The summed E-state index contributed by atoms with van der Waals surface area (Å²) in [5, 5.41) is 0. The number of carbonyl (C=O) groups excluding carboxylic acids is 2. The molecule has 1 N–H and O–H groups in total. The number of carbonyl (C=O) groups is 2. The highest BCUT2D eigenvalue weighted by molar-refractivity contribution is 7.91. The van der Waals surface area contributed by atoms with Crippen LogP contribution in [-0.4, -0.2) is 54.6 Å². The van der Waals surface area contributed by atoms with Gasteiger partial charge in [-0.2, -0.15) is 0 Å². The number of aromatic amines is 1. The van der Waals surface area contributed by atoms with Crippen LogP contribution in [0.2, 0.25) is 0 Å². The Labute approximate surface area is 137 Å². The molecule has 1 amide bonds. The highest BCUT2D eigenvalue weighted by Gasteiger charge is 2.34. The van der Waals surface area contributed by atoms with E-state index in [0.29, 0.717) is 29.8 Å². The predicted octanol–water partition coefficient (Wildman–Crippen LogP) is 1.74. The first-order chi connectivity index (χ1) is 10.7. The fourth-order valence-electron chi connectivity index (χ4n) is 3.26. The first-order valence-corrected chi connectivity index (χ1v) is 9.70. The smallest absolute Gasteiger partial charge is 0.270 e. The molecule has 1 aromatic heterocycles. The molecule has 0 saturated carbocycles. The number of Topliss-reactive ketones (excluding diaryl/α,β-unsaturated/α-hetero) is 1. The summed E-state index contributed by atoms with van der Waals surface area (Å²) >= 11 is 0. The van der Waals surface area contributed by atoms with Crippen LogP contribution in [0.4, 0.5) is 0 Å². The van der Waals surface area contributed by atoms with Crippen LogP contribution in [0.25, 0.3) is 0 Å². The zero-order chi connectivity index (χ0) is 17.4. The van der Waals surface area contributed by atoms with E-state index in [0.717, 1.165) is 12.0 Å². The second-order valence-corrected chi connectivity index (χ2v) is 8.49. The monoisotopic (exact) mass is 340 g/mol. The molecule has 2 rings (SSSR count). The topological polar surface area (TPSA) is 87.3 Å². The van der Waals surface area contributed by atoms with Crippen molar-refractivity contribution in [2.24, 2.45) is 0 Å². The molecule has 1 unspecified atom stereocenters. The Hall–Kier alpha value is -1.63. The van der Waals surface area contributed by atoms with Crippen molar-refractivity contribution in [3.05, 3.63) is 22.5 Å². The summed E-state index contributed by atoms with van der Waals surface area (Å²) < 4.78 is 23.3. The van der Waals surface area contributed by atoms with Gasteiger partial charge in [-0.1, -0.05) is 13.3 Å². The molecule has 1 fully saturated rings. The lowest BCUT2D eigenvalue weighted by Crippen LogP contribution is -2.38. The Morgan fingerprint density at radius 2 is 2.00 bits per heavy atom. The molecule has 0 aliphatic carbocycles. The largest absolute Gasteiger partial charge is 0.354 e. The molecule has 0 spiro atoms.